The summed E-state index contributed by atoms with van der Waals surface area (Å²) < 4.78 is 0. The summed E-state index contributed by atoms with van der Waals surface area (Å²) in [6, 6.07) is 0. The molecular formula is C8H16NO. The molecule has 2 heteroatoms. The van der Waals surface area contributed by atoms with Crippen LogP contribution < -0.4 is 0 Å². The van der Waals surface area contributed by atoms with Gasteiger partial charge in [-0.1, -0.05) is 20.8 Å². The highest BCUT2D eigenvalue weighted by Gasteiger charge is 2.16. The molecule has 0 aliphatic heterocycles. The minimum absolute atomic E-state index is 0.228. The first-order valence-electron chi connectivity index (χ1n) is 3.61. The second-order valence-corrected chi connectivity index (χ2v) is 3.47. The summed E-state index contributed by atoms with van der Waals surface area (Å²) in [5, 5.41) is 0. The van der Waals surface area contributed by atoms with Gasteiger partial charge >= 0.3 is 6.41 Å². The molecular weight excluding hydrogens is 126 g/mol. The van der Waals surface area contributed by atoms with Gasteiger partial charge in [-0.15, -0.1) is 0 Å². The molecule has 0 rings (SSSR count). The summed E-state index contributed by atoms with van der Waals surface area (Å²) in [6.45, 7) is 7.19. The van der Waals surface area contributed by atoms with Crippen LogP contribution in [0.2, 0.25) is 0 Å². The van der Waals surface area contributed by atoms with E-state index >= 15 is 0 Å². The summed E-state index contributed by atoms with van der Waals surface area (Å²) in [4.78, 5) is 11.7. The summed E-state index contributed by atoms with van der Waals surface area (Å²) in [5.41, 5.74) is 0.228. The fourth-order valence-corrected chi connectivity index (χ4v) is 0.786. The van der Waals surface area contributed by atoms with Gasteiger partial charge in [-0.25, -0.2) is 0 Å². The molecule has 10 heavy (non-hydrogen) atoms. The van der Waals surface area contributed by atoms with Crippen LogP contribution in [0.1, 0.15) is 27.2 Å². The molecule has 2 nitrogen and oxygen atoms in total. The van der Waals surface area contributed by atoms with Gasteiger partial charge in [0, 0.05) is 13.6 Å². The van der Waals surface area contributed by atoms with Gasteiger partial charge in [0.15, 0.2) is 0 Å². The third kappa shape index (κ3) is 3.49. The predicted octanol–water partition coefficient (Wildman–Crippen LogP) is 1.42. The first kappa shape index (κ1) is 9.47. The quantitative estimate of drug-likeness (QED) is 0.544. The summed E-state index contributed by atoms with van der Waals surface area (Å²) in [5.74, 6) is 0. The number of nitrogens with zero attached hydrogens (tertiary/aromatic N) is 1. The van der Waals surface area contributed by atoms with Gasteiger partial charge in [0.25, 0.3) is 0 Å². The number of hydrogen-bond donors (Lipinski definition) is 0. The average Bonchev–Trinajstić information content (AvgIpc) is 1.87. The monoisotopic (exact) mass is 142 g/mol. The maximum atomic E-state index is 10.1. The Morgan fingerprint density at radius 3 is 2.30 bits per heavy atom. The minimum Gasteiger partial charge on any atom is -0.337 e. The van der Waals surface area contributed by atoms with Crippen LogP contribution in [0, 0.1) is 5.41 Å². The topological polar surface area (TPSA) is 20.3 Å². The van der Waals surface area contributed by atoms with E-state index in [9.17, 15) is 4.79 Å². The van der Waals surface area contributed by atoms with Crippen LogP contribution in [0.5, 0.6) is 0 Å². The van der Waals surface area contributed by atoms with E-state index in [1.54, 1.807) is 11.9 Å². The van der Waals surface area contributed by atoms with Crippen molar-refractivity contribution in [2.75, 3.05) is 13.6 Å². The predicted molar refractivity (Wildman–Crippen MR) is 42.4 cm³/mol. The first-order chi connectivity index (χ1) is 4.52. The lowest BCUT2D eigenvalue weighted by molar-refractivity contribution is 0.261. The fourth-order valence-electron chi connectivity index (χ4n) is 0.786. The summed E-state index contributed by atoms with van der Waals surface area (Å²) >= 11 is 0. The number of amides is 1. The Morgan fingerprint density at radius 2 is 2.00 bits per heavy atom. The zero-order chi connectivity index (χ0) is 8.20. The Kier molecular flexibility index (Phi) is 3.40. The SMILES string of the molecule is CCC(C)(C)CN(C)[C]=O. The van der Waals surface area contributed by atoms with E-state index in [-0.39, 0.29) is 5.41 Å². The van der Waals surface area contributed by atoms with Crippen LogP contribution in [0.3, 0.4) is 0 Å². The van der Waals surface area contributed by atoms with Crippen molar-refractivity contribution in [3.05, 3.63) is 0 Å². The van der Waals surface area contributed by atoms with Crippen molar-refractivity contribution in [1.29, 1.82) is 0 Å². The Balaban J connectivity index is 3.75. The van der Waals surface area contributed by atoms with Crippen LogP contribution in [0.15, 0.2) is 0 Å². The van der Waals surface area contributed by atoms with E-state index in [4.69, 9.17) is 0 Å². The van der Waals surface area contributed by atoms with Crippen molar-refractivity contribution < 1.29 is 4.79 Å². The smallest absolute Gasteiger partial charge is 0.311 e. The van der Waals surface area contributed by atoms with Crippen LogP contribution in [0.25, 0.3) is 0 Å². The maximum absolute atomic E-state index is 10.1. The molecule has 0 fully saturated rings. The number of carbonyl (C=O) groups excluding carboxylic acids is 1. The highest BCUT2D eigenvalue weighted by atomic mass is 16.1. The lowest BCUT2D eigenvalue weighted by Gasteiger charge is -2.25. The van der Waals surface area contributed by atoms with Gasteiger partial charge in [-0.2, -0.15) is 0 Å². The highest BCUT2D eigenvalue weighted by Crippen LogP contribution is 2.19. The Hall–Kier alpha value is -0.530. The minimum atomic E-state index is 0.228. The van der Waals surface area contributed by atoms with Gasteiger partial charge in [-0.05, 0) is 11.8 Å². The average molecular weight is 142 g/mol. The van der Waals surface area contributed by atoms with Crippen LogP contribution in [-0.2, 0) is 4.79 Å². The third-order valence-corrected chi connectivity index (χ3v) is 1.78. The zero-order valence-corrected chi connectivity index (χ0v) is 7.27. The molecule has 0 bridgehead atoms. The number of rotatable bonds is 4. The van der Waals surface area contributed by atoms with Crippen LogP contribution in [0.4, 0.5) is 0 Å². The van der Waals surface area contributed by atoms with Crippen molar-refractivity contribution in [3.63, 3.8) is 0 Å². The normalized spacial score (nSPS) is 11.2. The lowest BCUT2D eigenvalue weighted by atomic mass is 9.90. The summed E-state index contributed by atoms with van der Waals surface area (Å²) in [6.07, 6.45) is 2.92. The van der Waals surface area contributed by atoms with E-state index in [1.165, 1.54) is 0 Å². The van der Waals surface area contributed by atoms with Crippen LogP contribution >= 0.6 is 0 Å². The molecule has 0 saturated heterocycles. The molecule has 0 unspecified atom stereocenters. The van der Waals surface area contributed by atoms with Crippen LogP contribution in [-0.4, -0.2) is 24.9 Å². The van der Waals surface area contributed by atoms with Gasteiger partial charge in [0.2, 0.25) is 0 Å². The van der Waals surface area contributed by atoms with E-state index in [2.05, 4.69) is 20.8 Å². The molecule has 0 aromatic rings. The Labute approximate surface area is 63.2 Å². The Morgan fingerprint density at radius 1 is 1.50 bits per heavy atom. The van der Waals surface area contributed by atoms with E-state index < -0.39 is 0 Å². The largest absolute Gasteiger partial charge is 0.337 e. The Bertz CT molecular complexity index is 110. The molecule has 0 heterocycles. The molecule has 0 aromatic heterocycles. The fraction of sp³-hybridized carbons (Fsp3) is 0.875. The maximum Gasteiger partial charge on any atom is 0.311 e. The highest BCUT2D eigenvalue weighted by molar-refractivity contribution is 5.47. The standard InChI is InChI=1S/C8H16NO/c1-5-8(2,3)6-9(4)7-10/h5-6H2,1-4H3. The van der Waals surface area contributed by atoms with E-state index in [0.29, 0.717) is 0 Å². The molecule has 0 aromatic carbocycles. The van der Waals surface area contributed by atoms with Crippen molar-refractivity contribution in [2.45, 2.75) is 27.2 Å². The van der Waals surface area contributed by atoms with Crippen molar-refractivity contribution >= 4 is 6.41 Å². The van der Waals surface area contributed by atoms with Gasteiger partial charge in [-0.3, -0.25) is 4.79 Å². The van der Waals surface area contributed by atoms with Crippen molar-refractivity contribution in [1.82, 2.24) is 4.90 Å². The lowest BCUT2D eigenvalue weighted by Crippen LogP contribution is -2.29. The van der Waals surface area contributed by atoms with E-state index in [0.717, 1.165) is 13.0 Å². The summed E-state index contributed by atoms with van der Waals surface area (Å²) in [7, 11) is 1.75. The zero-order valence-electron chi connectivity index (χ0n) is 7.27. The van der Waals surface area contributed by atoms with Gasteiger partial charge < -0.3 is 4.90 Å². The third-order valence-electron chi connectivity index (χ3n) is 1.78. The van der Waals surface area contributed by atoms with E-state index in [1.807, 2.05) is 6.41 Å². The molecule has 0 atom stereocenters. The molecule has 1 amide bonds. The molecule has 0 N–H and O–H groups in total. The molecule has 1 radical (unpaired) electrons. The molecule has 0 saturated carbocycles. The first-order valence-corrected chi connectivity index (χ1v) is 3.61. The molecule has 59 valence electrons. The van der Waals surface area contributed by atoms with Gasteiger partial charge in [0.05, 0.1) is 0 Å². The second kappa shape index (κ2) is 3.59. The molecule has 0 aliphatic carbocycles. The molecule has 0 spiro atoms. The van der Waals surface area contributed by atoms with Crippen molar-refractivity contribution in [3.8, 4) is 0 Å². The van der Waals surface area contributed by atoms with Crippen molar-refractivity contribution in [2.24, 2.45) is 5.41 Å². The second-order valence-electron chi connectivity index (χ2n) is 3.47. The van der Waals surface area contributed by atoms with Gasteiger partial charge in [0.1, 0.15) is 0 Å². The molecule has 0 aliphatic rings. The number of hydrogen-bond acceptors (Lipinski definition) is 1.